The van der Waals surface area contributed by atoms with Crippen molar-refractivity contribution in [2.45, 2.75) is 32.2 Å². The molecule has 1 saturated heterocycles. The van der Waals surface area contributed by atoms with E-state index >= 15 is 0 Å². The van der Waals surface area contributed by atoms with Gasteiger partial charge in [-0.25, -0.2) is 4.98 Å². The zero-order valence-corrected chi connectivity index (χ0v) is 17.3. The highest BCUT2D eigenvalue weighted by molar-refractivity contribution is 6.32. The number of imidazole rings is 1. The molecule has 0 saturated carbocycles. The monoisotopic (exact) mass is 413 g/mol. The number of likely N-dealkylation sites (tertiary alicyclic amines) is 1. The summed E-state index contributed by atoms with van der Waals surface area (Å²) in [6.07, 6.45) is 2.65. The quantitative estimate of drug-likeness (QED) is 0.618. The van der Waals surface area contributed by atoms with Crippen LogP contribution >= 0.6 is 11.6 Å². The van der Waals surface area contributed by atoms with Crippen LogP contribution in [-0.4, -0.2) is 41.0 Å². The van der Waals surface area contributed by atoms with Gasteiger partial charge in [0.1, 0.15) is 5.82 Å². The Morgan fingerprint density at radius 2 is 2.17 bits per heavy atom. The van der Waals surface area contributed by atoms with Gasteiger partial charge in [0, 0.05) is 12.1 Å². The van der Waals surface area contributed by atoms with Crippen molar-refractivity contribution in [1.29, 1.82) is 0 Å². The molecular weight excluding hydrogens is 390 g/mol. The number of amides is 1. The molecule has 1 fully saturated rings. The van der Waals surface area contributed by atoms with Crippen LogP contribution in [0.5, 0.6) is 11.5 Å². The van der Waals surface area contributed by atoms with Gasteiger partial charge in [0.25, 0.3) is 5.91 Å². The van der Waals surface area contributed by atoms with E-state index in [0.717, 1.165) is 36.1 Å². The lowest BCUT2D eigenvalue weighted by molar-refractivity contribution is 0.0730. The second-order valence-corrected chi connectivity index (χ2v) is 7.54. The number of ether oxygens (including phenoxy) is 2. The summed E-state index contributed by atoms with van der Waals surface area (Å²) < 4.78 is 11.1. The summed E-state index contributed by atoms with van der Waals surface area (Å²) in [5, 5.41) is 0.376. The largest absolute Gasteiger partial charge is 0.493 e. The highest BCUT2D eigenvalue weighted by Crippen LogP contribution is 2.38. The van der Waals surface area contributed by atoms with Gasteiger partial charge in [-0.1, -0.05) is 30.7 Å². The molecule has 0 spiro atoms. The molecule has 152 valence electrons. The summed E-state index contributed by atoms with van der Waals surface area (Å²) in [7, 11) is 1.55. The Morgan fingerprint density at radius 1 is 1.34 bits per heavy atom. The number of rotatable bonds is 6. The zero-order chi connectivity index (χ0) is 20.4. The molecule has 2 aromatic carbocycles. The number of aromatic amines is 1. The highest BCUT2D eigenvalue weighted by atomic mass is 35.5. The molecule has 2 heterocycles. The molecule has 0 bridgehead atoms. The predicted octanol–water partition coefficient (Wildman–Crippen LogP) is 4.99. The molecule has 0 aliphatic carbocycles. The van der Waals surface area contributed by atoms with Crippen molar-refractivity contribution in [3.8, 4) is 11.5 Å². The molecule has 3 aromatic rings. The first kappa shape index (κ1) is 19.6. The van der Waals surface area contributed by atoms with Gasteiger partial charge in [0.2, 0.25) is 0 Å². The van der Waals surface area contributed by atoms with Crippen molar-refractivity contribution >= 4 is 28.5 Å². The van der Waals surface area contributed by atoms with Crippen LogP contribution in [0.4, 0.5) is 0 Å². The number of aromatic nitrogens is 2. The van der Waals surface area contributed by atoms with Crippen molar-refractivity contribution in [2.75, 3.05) is 20.3 Å². The first-order valence-corrected chi connectivity index (χ1v) is 10.3. The normalized spacial score (nSPS) is 16.4. The molecule has 1 aliphatic heterocycles. The topological polar surface area (TPSA) is 67.5 Å². The van der Waals surface area contributed by atoms with Gasteiger partial charge in [-0.05, 0) is 43.5 Å². The van der Waals surface area contributed by atoms with Crippen LogP contribution in [0.2, 0.25) is 5.02 Å². The van der Waals surface area contributed by atoms with E-state index in [1.54, 1.807) is 19.2 Å². The predicted molar refractivity (Wildman–Crippen MR) is 113 cm³/mol. The van der Waals surface area contributed by atoms with Crippen LogP contribution in [0.3, 0.4) is 0 Å². The molecule has 0 radical (unpaired) electrons. The fraction of sp³-hybridized carbons (Fsp3) is 0.364. The van der Waals surface area contributed by atoms with Crippen LogP contribution in [0, 0.1) is 0 Å². The van der Waals surface area contributed by atoms with Gasteiger partial charge in [0.05, 0.1) is 35.8 Å². The molecule has 4 rings (SSSR count). The lowest BCUT2D eigenvalue weighted by Crippen LogP contribution is -2.31. The fourth-order valence-electron chi connectivity index (χ4n) is 3.78. The van der Waals surface area contributed by atoms with Crippen LogP contribution in [0.25, 0.3) is 11.0 Å². The Kier molecular flexibility index (Phi) is 5.62. The van der Waals surface area contributed by atoms with Gasteiger partial charge < -0.3 is 19.4 Å². The zero-order valence-electron chi connectivity index (χ0n) is 16.6. The Morgan fingerprint density at radius 3 is 2.93 bits per heavy atom. The SMILES string of the molecule is CCCOc1c(Cl)cc(C(=O)N2CCC[C@@H]2c2nc3ccccc3[nH]2)cc1OC. The molecule has 29 heavy (non-hydrogen) atoms. The average molecular weight is 414 g/mol. The Bertz CT molecular complexity index is 1000. The van der Waals surface area contributed by atoms with E-state index in [-0.39, 0.29) is 11.9 Å². The number of hydrogen-bond acceptors (Lipinski definition) is 4. The lowest BCUT2D eigenvalue weighted by atomic mass is 10.1. The maximum Gasteiger partial charge on any atom is 0.254 e. The number of carbonyl (C=O) groups excluding carboxylic acids is 1. The first-order valence-electron chi connectivity index (χ1n) is 9.88. The maximum atomic E-state index is 13.3. The van der Waals surface area contributed by atoms with Gasteiger partial charge in [-0.3, -0.25) is 4.79 Å². The number of halogens is 1. The van der Waals surface area contributed by atoms with Gasteiger partial charge in [-0.15, -0.1) is 0 Å². The summed E-state index contributed by atoms with van der Waals surface area (Å²) in [5.41, 5.74) is 2.37. The van der Waals surface area contributed by atoms with Crippen molar-refractivity contribution in [1.82, 2.24) is 14.9 Å². The third-order valence-corrected chi connectivity index (χ3v) is 5.44. The second-order valence-electron chi connectivity index (χ2n) is 7.13. The minimum absolute atomic E-state index is 0.0873. The van der Waals surface area contributed by atoms with Crippen LogP contribution < -0.4 is 9.47 Å². The average Bonchev–Trinajstić information content (AvgIpc) is 3.38. The van der Waals surface area contributed by atoms with Crippen molar-refractivity contribution in [2.24, 2.45) is 0 Å². The molecule has 1 aromatic heterocycles. The Labute approximate surface area is 174 Å². The third-order valence-electron chi connectivity index (χ3n) is 5.16. The summed E-state index contributed by atoms with van der Waals surface area (Å²) in [5.74, 6) is 1.67. The van der Waals surface area contributed by atoms with Crippen LogP contribution in [0.15, 0.2) is 36.4 Å². The molecule has 1 atom stereocenters. The van der Waals surface area contributed by atoms with Gasteiger partial charge in [-0.2, -0.15) is 0 Å². The first-order chi connectivity index (χ1) is 14.1. The van der Waals surface area contributed by atoms with E-state index in [1.807, 2.05) is 36.1 Å². The number of methoxy groups -OCH3 is 1. The smallest absolute Gasteiger partial charge is 0.254 e. The summed E-state index contributed by atoms with van der Waals surface area (Å²) in [6.45, 7) is 3.22. The molecule has 6 nitrogen and oxygen atoms in total. The molecule has 0 unspecified atom stereocenters. The van der Waals surface area contributed by atoms with E-state index in [1.165, 1.54) is 0 Å². The number of para-hydroxylation sites is 2. The van der Waals surface area contributed by atoms with E-state index in [4.69, 9.17) is 26.1 Å². The molecule has 7 heteroatoms. The summed E-state index contributed by atoms with van der Waals surface area (Å²) in [6, 6.07) is 11.2. The molecule has 1 aliphatic rings. The van der Waals surface area contributed by atoms with Gasteiger partial charge >= 0.3 is 0 Å². The number of benzene rings is 2. The maximum absolute atomic E-state index is 13.3. The Hall–Kier alpha value is -2.73. The number of H-pyrrole nitrogens is 1. The highest BCUT2D eigenvalue weighted by Gasteiger charge is 2.33. The molecular formula is C22H24ClN3O3. The Balaban J connectivity index is 1.63. The van der Waals surface area contributed by atoms with Crippen molar-refractivity contribution < 1.29 is 14.3 Å². The summed E-state index contributed by atoms with van der Waals surface area (Å²) >= 11 is 6.41. The third kappa shape index (κ3) is 3.77. The fourth-order valence-corrected chi connectivity index (χ4v) is 4.04. The summed E-state index contributed by atoms with van der Waals surface area (Å²) in [4.78, 5) is 23.2. The van der Waals surface area contributed by atoms with E-state index in [0.29, 0.717) is 35.2 Å². The number of carbonyl (C=O) groups is 1. The van der Waals surface area contributed by atoms with Crippen molar-refractivity contribution in [3.63, 3.8) is 0 Å². The molecule has 1 amide bonds. The number of hydrogen-bond donors (Lipinski definition) is 1. The van der Waals surface area contributed by atoms with Gasteiger partial charge in [0.15, 0.2) is 11.5 Å². The van der Waals surface area contributed by atoms with Crippen LogP contribution in [-0.2, 0) is 0 Å². The minimum atomic E-state index is -0.0878. The molecule has 1 N–H and O–H groups in total. The number of nitrogens with one attached hydrogen (secondary N) is 1. The number of nitrogens with zero attached hydrogens (tertiary/aromatic N) is 2. The lowest BCUT2D eigenvalue weighted by Gasteiger charge is -2.24. The second kappa shape index (κ2) is 8.33. The standard InChI is InChI=1S/C22H24ClN3O3/c1-3-11-29-20-15(23)12-14(13-19(20)28-2)22(27)26-10-6-9-18(26)21-24-16-7-4-5-8-17(16)25-21/h4-5,7-8,12-13,18H,3,6,9-11H2,1-2H3,(H,24,25)/t18-/m1/s1. The number of fused-ring (bicyclic) bond motifs is 1. The van der Waals surface area contributed by atoms with E-state index < -0.39 is 0 Å². The van der Waals surface area contributed by atoms with E-state index in [9.17, 15) is 4.79 Å². The van der Waals surface area contributed by atoms with Crippen molar-refractivity contribution in [3.05, 3.63) is 52.8 Å². The van der Waals surface area contributed by atoms with E-state index in [2.05, 4.69) is 4.98 Å². The van der Waals surface area contributed by atoms with Crippen LogP contribution in [0.1, 0.15) is 48.4 Å². The minimum Gasteiger partial charge on any atom is -0.493 e.